The maximum absolute atomic E-state index is 11.7. The van der Waals surface area contributed by atoms with Crippen LogP contribution in [0, 0.1) is 0 Å². The number of anilines is 1. The number of carbonyl (C=O) groups is 1. The molecule has 0 saturated carbocycles. The molecule has 1 aliphatic heterocycles. The van der Waals surface area contributed by atoms with Crippen LogP contribution in [0.3, 0.4) is 0 Å². The van der Waals surface area contributed by atoms with Crippen LogP contribution in [0.1, 0.15) is 12.8 Å². The minimum atomic E-state index is -0.0599. The fourth-order valence-electron chi connectivity index (χ4n) is 1.94. The molecule has 88 valence electrons. The van der Waals surface area contributed by atoms with Crippen molar-refractivity contribution in [1.29, 1.82) is 0 Å². The molecule has 6 heteroatoms. The first-order valence-electron chi connectivity index (χ1n) is 5.34. The highest BCUT2D eigenvalue weighted by molar-refractivity contribution is 7.13. The summed E-state index contributed by atoms with van der Waals surface area (Å²) in [5.74, 6) is -0.0599. The predicted molar refractivity (Wildman–Crippen MR) is 62.4 cm³/mol. The van der Waals surface area contributed by atoms with Gasteiger partial charge in [0.1, 0.15) is 0 Å². The Kier molecular flexibility index (Phi) is 3.87. The molecule has 2 rings (SSSR count). The van der Waals surface area contributed by atoms with Gasteiger partial charge in [0.2, 0.25) is 5.91 Å². The number of likely N-dealkylation sites (tertiary alicyclic amines) is 1. The van der Waals surface area contributed by atoms with Crippen LogP contribution in [0.15, 0.2) is 11.6 Å². The molecule has 16 heavy (non-hydrogen) atoms. The SMILES string of the molecule is O=C(CN1CCCC1CO)Nc1nccs1. The van der Waals surface area contributed by atoms with Gasteiger partial charge in [-0.15, -0.1) is 11.3 Å². The summed E-state index contributed by atoms with van der Waals surface area (Å²) in [6, 6.07) is 0.141. The van der Waals surface area contributed by atoms with E-state index in [4.69, 9.17) is 5.11 Å². The average molecular weight is 241 g/mol. The van der Waals surface area contributed by atoms with Gasteiger partial charge in [-0.2, -0.15) is 0 Å². The van der Waals surface area contributed by atoms with E-state index in [2.05, 4.69) is 10.3 Å². The van der Waals surface area contributed by atoms with Crippen LogP contribution in [0.4, 0.5) is 5.13 Å². The van der Waals surface area contributed by atoms with E-state index in [0.29, 0.717) is 11.7 Å². The Morgan fingerprint density at radius 3 is 3.31 bits per heavy atom. The molecular weight excluding hydrogens is 226 g/mol. The van der Waals surface area contributed by atoms with Gasteiger partial charge in [0, 0.05) is 17.6 Å². The lowest BCUT2D eigenvalue weighted by molar-refractivity contribution is -0.117. The molecule has 0 radical (unpaired) electrons. The number of amides is 1. The van der Waals surface area contributed by atoms with Gasteiger partial charge in [-0.25, -0.2) is 4.98 Å². The molecule has 1 amide bonds. The minimum Gasteiger partial charge on any atom is -0.395 e. The molecule has 0 aliphatic carbocycles. The van der Waals surface area contributed by atoms with Gasteiger partial charge < -0.3 is 10.4 Å². The molecule has 1 atom stereocenters. The van der Waals surface area contributed by atoms with Gasteiger partial charge in [0.15, 0.2) is 5.13 Å². The second kappa shape index (κ2) is 5.38. The summed E-state index contributed by atoms with van der Waals surface area (Å²) in [5.41, 5.74) is 0. The number of aromatic nitrogens is 1. The highest BCUT2D eigenvalue weighted by atomic mass is 32.1. The van der Waals surface area contributed by atoms with E-state index >= 15 is 0 Å². The largest absolute Gasteiger partial charge is 0.395 e. The van der Waals surface area contributed by atoms with Gasteiger partial charge in [0.25, 0.3) is 0 Å². The van der Waals surface area contributed by atoms with Crippen LogP contribution in [0.25, 0.3) is 0 Å². The Morgan fingerprint density at radius 2 is 2.62 bits per heavy atom. The standard InChI is InChI=1S/C10H15N3O2S/c14-7-8-2-1-4-13(8)6-9(15)12-10-11-3-5-16-10/h3,5,8,14H,1-2,4,6-7H2,(H,11,12,15). The lowest BCUT2D eigenvalue weighted by atomic mass is 10.2. The second-order valence-corrected chi connectivity index (χ2v) is 4.73. The molecular formula is C10H15N3O2S. The van der Waals surface area contributed by atoms with Crippen LogP contribution in [0.2, 0.25) is 0 Å². The lowest BCUT2D eigenvalue weighted by Crippen LogP contribution is -2.38. The number of hydrogen-bond donors (Lipinski definition) is 2. The van der Waals surface area contributed by atoms with Crippen molar-refractivity contribution < 1.29 is 9.90 Å². The van der Waals surface area contributed by atoms with Crippen molar-refractivity contribution in [2.75, 3.05) is 25.0 Å². The minimum absolute atomic E-state index is 0.0599. The highest BCUT2D eigenvalue weighted by Gasteiger charge is 2.25. The second-order valence-electron chi connectivity index (χ2n) is 3.83. The van der Waals surface area contributed by atoms with E-state index in [-0.39, 0.29) is 18.6 Å². The highest BCUT2D eigenvalue weighted by Crippen LogP contribution is 2.16. The van der Waals surface area contributed by atoms with Crippen LogP contribution in [0.5, 0.6) is 0 Å². The molecule has 1 aromatic heterocycles. The van der Waals surface area contributed by atoms with Crippen LogP contribution >= 0.6 is 11.3 Å². The lowest BCUT2D eigenvalue weighted by Gasteiger charge is -2.21. The quantitative estimate of drug-likeness (QED) is 0.807. The molecule has 1 unspecified atom stereocenters. The summed E-state index contributed by atoms with van der Waals surface area (Å²) in [4.78, 5) is 17.7. The fourth-order valence-corrected chi connectivity index (χ4v) is 2.48. The molecule has 2 heterocycles. The van der Waals surface area contributed by atoms with Crippen LogP contribution in [-0.2, 0) is 4.79 Å². The number of aliphatic hydroxyl groups is 1. The summed E-state index contributed by atoms with van der Waals surface area (Å²) in [7, 11) is 0. The van der Waals surface area contributed by atoms with Crippen molar-refractivity contribution in [2.24, 2.45) is 0 Å². The average Bonchev–Trinajstić information content (AvgIpc) is 2.88. The number of aliphatic hydroxyl groups excluding tert-OH is 1. The molecule has 0 aromatic carbocycles. The molecule has 1 aliphatic rings. The zero-order chi connectivity index (χ0) is 11.4. The third-order valence-corrected chi connectivity index (χ3v) is 3.42. The van der Waals surface area contributed by atoms with E-state index in [1.165, 1.54) is 11.3 Å². The maximum Gasteiger partial charge on any atom is 0.240 e. The molecule has 2 N–H and O–H groups in total. The van der Waals surface area contributed by atoms with Gasteiger partial charge in [-0.05, 0) is 19.4 Å². The Morgan fingerprint density at radius 1 is 1.75 bits per heavy atom. The van der Waals surface area contributed by atoms with E-state index in [1.807, 2.05) is 10.3 Å². The number of thiazole rings is 1. The first-order chi connectivity index (χ1) is 7.79. The van der Waals surface area contributed by atoms with Gasteiger partial charge >= 0.3 is 0 Å². The number of rotatable bonds is 4. The van der Waals surface area contributed by atoms with Crippen molar-refractivity contribution in [3.05, 3.63) is 11.6 Å². The summed E-state index contributed by atoms with van der Waals surface area (Å²) in [6.45, 7) is 1.35. The Balaban J connectivity index is 1.83. The van der Waals surface area contributed by atoms with Gasteiger partial charge in [-0.1, -0.05) is 0 Å². The summed E-state index contributed by atoms with van der Waals surface area (Å²) < 4.78 is 0. The third kappa shape index (κ3) is 2.78. The Labute approximate surface area is 98.1 Å². The van der Waals surface area contributed by atoms with Crippen molar-refractivity contribution in [3.8, 4) is 0 Å². The predicted octanol–water partition coefficient (Wildman–Crippen LogP) is 0.538. The molecule has 0 bridgehead atoms. The van der Waals surface area contributed by atoms with Gasteiger partial charge in [-0.3, -0.25) is 9.69 Å². The van der Waals surface area contributed by atoms with Crippen molar-refractivity contribution in [1.82, 2.24) is 9.88 Å². The number of carbonyl (C=O) groups excluding carboxylic acids is 1. The summed E-state index contributed by atoms with van der Waals surface area (Å²) in [6.07, 6.45) is 3.68. The Bertz CT molecular complexity index is 342. The number of hydrogen-bond acceptors (Lipinski definition) is 5. The fraction of sp³-hybridized carbons (Fsp3) is 0.600. The monoisotopic (exact) mass is 241 g/mol. The molecule has 1 saturated heterocycles. The number of nitrogens with one attached hydrogen (secondary N) is 1. The van der Waals surface area contributed by atoms with Crippen LogP contribution in [-0.4, -0.2) is 46.6 Å². The van der Waals surface area contributed by atoms with E-state index < -0.39 is 0 Å². The Hall–Kier alpha value is -0.980. The summed E-state index contributed by atoms with van der Waals surface area (Å²) in [5, 5.41) is 14.3. The normalized spacial score (nSPS) is 21.2. The van der Waals surface area contributed by atoms with E-state index in [9.17, 15) is 4.79 Å². The summed E-state index contributed by atoms with van der Waals surface area (Å²) >= 11 is 1.40. The molecule has 5 nitrogen and oxygen atoms in total. The first-order valence-corrected chi connectivity index (χ1v) is 6.22. The zero-order valence-electron chi connectivity index (χ0n) is 8.93. The molecule has 1 aromatic rings. The first kappa shape index (κ1) is 11.5. The molecule has 1 fully saturated rings. The topological polar surface area (TPSA) is 65.5 Å². The smallest absolute Gasteiger partial charge is 0.240 e. The van der Waals surface area contributed by atoms with E-state index in [0.717, 1.165) is 19.4 Å². The molecule has 0 spiro atoms. The zero-order valence-corrected chi connectivity index (χ0v) is 9.74. The maximum atomic E-state index is 11.7. The van der Waals surface area contributed by atoms with E-state index in [1.54, 1.807) is 6.20 Å². The van der Waals surface area contributed by atoms with Crippen molar-refractivity contribution in [3.63, 3.8) is 0 Å². The van der Waals surface area contributed by atoms with Gasteiger partial charge in [0.05, 0.1) is 13.2 Å². The third-order valence-electron chi connectivity index (χ3n) is 2.74. The van der Waals surface area contributed by atoms with Crippen molar-refractivity contribution in [2.45, 2.75) is 18.9 Å². The number of nitrogens with zero attached hydrogens (tertiary/aromatic N) is 2. The van der Waals surface area contributed by atoms with Crippen LogP contribution < -0.4 is 5.32 Å². The van der Waals surface area contributed by atoms with Crippen molar-refractivity contribution >= 4 is 22.4 Å².